The van der Waals surface area contributed by atoms with E-state index in [4.69, 9.17) is 0 Å². The average Bonchev–Trinajstić information content (AvgIpc) is 3.68. The highest BCUT2D eigenvalue weighted by Crippen LogP contribution is 2.35. The number of benzene rings is 1. The monoisotopic (exact) mass is 490 g/mol. The number of aromatic amines is 2. The minimum atomic E-state index is 0.914. The molecule has 0 aliphatic carbocycles. The number of fused-ring (bicyclic) bond motifs is 2. The van der Waals surface area contributed by atoms with Gasteiger partial charge in [0.25, 0.3) is 0 Å². The van der Waals surface area contributed by atoms with Gasteiger partial charge in [0, 0.05) is 47.0 Å². The third-order valence-electron chi connectivity index (χ3n) is 7.18. The van der Waals surface area contributed by atoms with Crippen LogP contribution in [0.25, 0.3) is 55.4 Å². The van der Waals surface area contributed by atoms with Gasteiger partial charge in [-0.1, -0.05) is 12.5 Å². The van der Waals surface area contributed by atoms with Gasteiger partial charge in [-0.05, 0) is 83.7 Å². The Morgan fingerprint density at radius 3 is 2.61 bits per heavy atom. The van der Waals surface area contributed by atoms with Crippen LogP contribution in [0.4, 0.5) is 0 Å². The van der Waals surface area contributed by atoms with Gasteiger partial charge in [0.1, 0.15) is 5.69 Å². The van der Waals surface area contributed by atoms with E-state index < -0.39 is 0 Å². The zero-order chi connectivity index (χ0) is 23.9. The molecule has 0 saturated carbocycles. The highest BCUT2D eigenvalue weighted by atomic mass is 32.1. The van der Waals surface area contributed by atoms with Crippen LogP contribution in [0.15, 0.2) is 71.9 Å². The molecule has 2 N–H and O–H groups in total. The predicted molar refractivity (Wildman–Crippen MR) is 147 cm³/mol. The summed E-state index contributed by atoms with van der Waals surface area (Å²) in [4.78, 5) is 15.1. The topological polar surface area (TPSA) is 73.5 Å². The predicted octanol–water partition coefficient (Wildman–Crippen LogP) is 6.88. The van der Waals surface area contributed by atoms with Crippen molar-refractivity contribution in [1.29, 1.82) is 0 Å². The molecule has 6 heterocycles. The van der Waals surface area contributed by atoms with Gasteiger partial charge in [-0.2, -0.15) is 16.4 Å². The van der Waals surface area contributed by atoms with E-state index in [2.05, 4.69) is 77.2 Å². The molecule has 1 aliphatic rings. The number of rotatable bonds is 5. The van der Waals surface area contributed by atoms with Gasteiger partial charge in [0.2, 0.25) is 0 Å². The SMILES string of the molecule is c1cc(-c2cncc3[nH]c(-c4n[nH]c5ccc(-c6cncc(CN7CCCCC7)c6)cc45)cc23)cs1. The molecule has 7 heteroatoms. The van der Waals surface area contributed by atoms with E-state index in [1.807, 2.05) is 24.8 Å². The summed E-state index contributed by atoms with van der Waals surface area (Å²) < 4.78 is 0. The van der Waals surface area contributed by atoms with Crippen LogP contribution in [0.1, 0.15) is 24.8 Å². The average molecular weight is 491 g/mol. The molecule has 1 aromatic carbocycles. The van der Waals surface area contributed by atoms with E-state index in [-0.39, 0.29) is 0 Å². The molecule has 0 atom stereocenters. The highest BCUT2D eigenvalue weighted by molar-refractivity contribution is 7.08. The van der Waals surface area contributed by atoms with Gasteiger partial charge >= 0.3 is 0 Å². The molecule has 7 rings (SSSR count). The van der Waals surface area contributed by atoms with Gasteiger partial charge < -0.3 is 4.98 Å². The summed E-state index contributed by atoms with van der Waals surface area (Å²) in [5.74, 6) is 0. The number of nitrogens with zero attached hydrogens (tertiary/aromatic N) is 4. The van der Waals surface area contributed by atoms with Crippen molar-refractivity contribution in [3.63, 3.8) is 0 Å². The fourth-order valence-corrected chi connectivity index (χ4v) is 5.99. The Labute approximate surface area is 213 Å². The lowest BCUT2D eigenvalue weighted by atomic mass is 10.0. The molecular formula is C29H26N6S. The number of thiophene rings is 1. The molecule has 0 spiro atoms. The number of hydrogen-bond donors (Lipinski definition) is 2. The number of pyridine rings is 2. The molecule has 6 nitrogen and oxygen atoms in total. The van der Waals surface area contributed by atoms with Gasteiger partial charge in [-0.3, -0.25) is 20.0 Å². The Balaban J connectivity index is 1.26. The Bertz CT molecular complexity index is 1660. The first kappa shape index (κ1) is 21.5. The second kappa shape index (κ2) is 9.00. The third kappa shape index (κ3) is 3.90. The zero-order valence-electron chi connectivity index (χ0n) is 19.9. The zero-order valence-corrected chi connectivity index (χ0v) is 20.7. The Morgan fingerprint density at radius 1 is 0.806 bits per heavy atom. The Morgan fingerprint density at radius 2 is 1.72 bits per heavy atom. The molecule has 5 aromatic heterocycles. The van der Waals surface area contributed by atoms with Crippen molar-refractivity contribution in [2.75, 3.05) is 13.1 Å². The van der Waals surface area contributed by atoms with Crippen molar-refractivity contribution in [2.24, 2.45) is 0 Å². The van der Waals surface area contributed by atoms with Crippen molar-refractivity contribution >= 4 is 33.1 Å². The number of nitrogens with one attached hydrogen (secondary N) is 2. The molecule has 0 radical (unpaired) electrons. The fraction of sp³-hybridized carbons (Fsp3) is 0.207. The molecule has 178 valence electrons. The summed E-state index contributed by atoms with van der Waals surface area (Å²) in [5.41, 5.74) is 9.80. The van der Waals surface area contributed by atoms with E-state index in [1.165, 1.54) is 43.5 Å². The summed E-state index contributed by atoms with van der Waals surface area (Å²) >= 11 is 1.70. The van der Waals surface area contributed by atoms with Crippen molar-refractivity contribution in [2.45, 2.75) is 25.8 Å². The van der Waals surface area contributed by atoms with E-state index in [9.17, 15) is 0 Å². The van der Waals surface area contributed by atoms with Crippen LogP contribution in [0.3, 0.4) is 0 Å². The van der Waals surface area contributed by atoms with E-state index in [0.717, 1.165) is 56.4 Å². The summed E-state index contributed by atoms with van der Waals surface area (Å²) in [5, 5.41) is 14.4. The maximum atomic E-state index is 4.69. The van der Waals surface area contributed by atoms with Crippen molar-refractivity contribution in [3.05, 3.63) is 77.5 Å². The molecule has 36 heavy (non-hydrogen) atoms. The lowest BCUT2D eigenvalue weighted by Crippen LogP contribution is -2.29. The quantitative estimate of drug-likeness (QED) is 0.276. The first-order chi connectivity index (χ1) is 17.8. The molecule has 6 aromatic rings. The van der Waals surface area contributed by atoms with Crippen LogP contribution in [0.2, 0.25) is 0 Å². The van der Waals surface area contributed by atoms with Crippen LogP contribution in [0.5, 0.6) is 0 Å². The first-order valence-electron chi connectivity index (χ1n) is 12.5. The maximum absolute atomic E-state index is 4.69. The Hall–Kier alpha value is -3.81. The second-order valence-corrected chi connectivity index (χ2v) is 10.4. The van der Waals surface area contributed by atoms with Crippen LogP contribution >= 0.6 is 11.3 Å². The summed E-state index contributed by atoms with van der Waals surface area (Å²) in [6, 6.07) is 13.1. The van der Waals surface area contributed by atoms with Crippen molar-refractivity contribution in [1.82, 2.24) is 30.0 Å². The van der Waals surface area contributed by atoms with Gasteiger partial charge in [0.05, 0.1) is 22.9 Å². The van der Waals surface area contributed by atoms with Crippen LogP contribution in [-0.2, 0) is 6.54 Å². The largest absolute Gasteiger partial charge is 0.352 e. The highest BCUT2D eigenvalue weighted by Gasteiger charge is 2.16. The Kier molecular flexibility index (Phi) is 5.37. The summed E-state index contributed by atoms with van der Waals surface area (Å²) in [7, 11) is 0. The van der Waals surface area contributed by atoms with E-state index >= 15 is 0 Å². The first-order valence-corrected chi connectivity index (χ1v) is 13.4. The fourth-order valence-electron chi connectivity index (χ4n) is 5.33. The second-order valence-electron chi connectivity index (χ2n) is 9.59. The van der Waals surface area contributed by atoms with E-state index in [0.29, 0.717) is 0 Å². The minimum absolute atomic E-state index is 0.914. The van der Waals surface area contributed by atoms with Crippen molar-refractivity contribution in [3.8, 4) is 33.6 Å². The molecule has 1 aliphatic heterocycles. The third-order valence-corrected chi connectivity index (χ3v) is 7.86. The molecule has 1 fully saturated rings. The molecule has 0 amide bonds. The normalized spacial score (nSPS) is 14.7. The summed E-state index contributed by atoms with van der Waals surface area (Å²) in [6.45, 7) is 3.33. The molecule has 0 bridgehead atoms. The smallest absolute Gasteiger partial charge is 0.116 e. The minimum Gasteiger partial charge on any atom is -0.352 e. The lowest BCUT2D eigenvalue weighted by Gasteiger charge is -2.26. The number of hydrogen-bond acceptors (Lipinski definition) is 5. The lowest BCUT2D eigenvalue weighted by molar-refractivity contribution is 0.220. The van der Waals surface area contributed by atoms with E-state index in [1.54, 1.807) is 11.3 Å². The number of aromatic nitrogens is 5. The number of likely N-dealkylation sites (tertiary alicyclic amines) is 1. The van der Waals surface area contributed by atoms with Gasteiger partial charge in [0.15, 0.2) is 0 Å². The number of H-pyrrole nitrogens is 2. The van der Waals surface area contributed by atoms with Gasteiger partial charge in [-0.25, -0.2) is 0 Å². The van der Waals surface area contributed by atoms with Crippen LogP contribution < -0.4 is 0 Å². The molecule has 1 saturated heterocycles. The van der Waals surface area contributed by atoms with Gasteiger partial charge in [-0.15, -0.1) is 0 Å². The standard InChI is InChI=1S/C29H26N6S/c1-2-7-35(8-3-1)17-19-10-22(14-30-13-19)20-4-5-26-24(11-20)29(34-33-26)27-12-23-25(21-6-9-36-18-21)15-31-16-28(23)32-27/h4-6,9-16,18,32H,1-3,7-8,17H2,(H,33,34). The molecular weight excluding hydrogens is 464 g/mol. The van der Waals surface area contributed by atoms with Crippen LogP contribution in [-0.4, -0.2) is 43.1 Å². The maximum Gasteiger partial charge on any atom is 0.116 e. The number of piperidine rings is 1. The summed E-state index contributed by atoms with van der Waals surface area (Å²) in [6.07, 6.45) is 11.7. The van der Waals surface area contributed by atoms with Crippen molar-refractivity contribution < 1.29 is 0 Å². The molecule has 0 unspecified atom stereocenters. The van der Waals surface area contributed by atoms with Crippen LogP contribution in [0, 0.1) is 0 Å².